The summed E-state index contributed by atoms with van der Waals surface area (Å²) in [6.07, 6.45) is 3.79. The minimum atomic E-state index is 1.25. The van der Waals surface area contributed by atoms with E-state index in [2.05, 4.69) is 25.3 Å². The van der Waals surface area contributed by atoms with Crippen molar-refractivity contribution in [1.29, 1.82) is 0 Å². The van der Waals surface area contributed by atoms with Crippen LogP contribution in [0.25, 0.3) is 0 Å². The lowest BCUT2D eigenvalue weighted by Gasteiger charge is -1.99. The zero-order valence-corrected chi connectivity index (χ0v) is 9.43. The van der Waals surface area contributed by atoms with Crippen LogP contribution in [-0.2, 0) is 6.42 Å². The minimum absolute atomic E-state index is 1.25. The van der Waals surface area contributed by atoms with Gasteiger partial charge in [-0.3, -0.25) is 0 Å². The van der Waals surface area contributed by atoms with E-state index in [-0.39, 0.29) is 0 Å². The van der Waals surface area contributed by atoms with Crippen LogP contribution in [0.5, 0.6) is 0 Å². The van der Waals surface area contributed by atoms with Crippen LogP contribution in [0.15, 0.2) is 16.3 Å². The molecule has 12 heavy (non-hydrogen) atoms. The van der Waals surface area contributed by atoms with Crippen LogP contribution in [0.3, 0.4) is 0 Å². The number of hydrogen-bond donors (Lipinski definition) is 0. The molecule has 0 aliphatic carbocycles. The predicted molar refractivity (Wildman–Crippen MR) is 59.3 cm³/mol. The first-order valence-electron chi connectivity index (χ1n) is 4.57. The third-order valence-electron chi connectivity index (χ3n) is 1.64. The van der Waals surface area contributed by atoms with Crippen LogP contribution in [0.2, 0.25) is 0 Å². The Balaban J connectivity index is 2.51. The van der Waals surface area contributed by atoms with Gasteiger partial charge in [0.2, 0.25) is 0 Å². The first kappa shape index (κ1) is 10.1. The monoisotopic (exact) mass is 200 g/mol. The fraction of sp³-hybridized carbons (Fsp3) is 0.600. The van der Waals surface area contributed by atoms with Crippen LogP contribution in [0, 0.1) is 0 Å². The van der Waals surface area contributed by atoms with E-state index < -0.39 is 0 Å². The van der Waals surface area contributed by atoms with Crippen molar-refractivity contribution in [3.63, 3.8) is 0 Å². The van der Waals surface area contributed by atoms with Crippen molar-refractivity contribution < 1.29 is 0 Å². The highest BCUT2D eigenvalue weighted by atomic mass is 32.2. The lowest BCUT2D eigenvalue weighted by Crippen LogP contribution is -1.81. The molecular formula is C10H16S2. The molecule has 0 spiro atoms. The summed E-state index contributed by atoms with van der Waals surface area (Å²) < 4.78 is 0. The normalized spacial score (nSPS) is 10.5. The molecule has 0 saturated heterocycles. The molecule has 0 N–H and O–H groups in total. The molecule has 0 aromatic carbocycles. The molecule has 0 aliphatic rings. The molecule has 0 radical (unpaired) electrons. The summed E-state index contributed by atoms with van der Waals surface area (Å²) in [6, 6.07) is 2.26. The summed E-state index contributed by atoms with van der Waals surface area (Å²) in [4.78, 5) is 3.10. The molecule has 1 heterocycles. The zero-order valence-electron chi connectivity index (χ0n) is 7.80. The Morgan fingerprint density at radius 3 is 2.83 bits per heavy atom. The molecule has 1 aromatic heterocycles. The summed E-state index contributed by atoms with van der Waals surface area (Å²) in [6.45, 7) is 4.48. The molecule has 0 bridgehead atoms. The second-order valence-electron chi connectivity index (χ2n) is 2.81. The van der Waals surface area contributed by atoms with Crippen molar-refractivity contribution in [3.05, 3.63) is 16.3 Å². The average molecular weight is 200 g/mol. The van der Waals surface area contributed by atoms with Crippen LogP contribution >= 0.6 is 23.1 Å². The van der Waals surface area contributed by atoms with Crippen molar-refractivity contribution in [1.82, 2.24) is 0 Å². The quantitative estimate of drug-likeness (QED) is 0.642. The number of thioether (sulfide) groups is 1. The van der Waals surface area contributed by atoms with Gasteiger partial charge in [-0.2, -0.15) is 0 Å². The van der Waals surface area contributed by atoms with Gasteiger partial charge in [-0.25, -0.2) is 0 Å². The van der Waals surface area contributed by atoms with E-state index in [0.29, 0.717) is 0 Å². The smallest absolute Gasteiger partial charge is 0.0211 e. The first-order valence-corrected chi connectivity index (χ1v) is 6.44. The average Bonchev–Trinajstić information content (AvgIpc) is 2.50. The molecular weight excluding hydrogens is 184 g/mol. The molecule has 0 nitrogen and oxygen atoms in total. The highest BCUT2D eigenvalue weighted by Crippen LogP contribution is 2.28. The number of thiophene rings is 1. The Morgan fingerprint density at radius 1 is 1.33 bits per heavy atom. The molecule has 0 saturated carbocycles. The molecule has 1 aromatic rings. The van der Waals surface area contributed by atoms with E-state index >= 15 is 0 Å². The van der Waals surface area contributed by atoms with E-state index in [1.165, 1.54) is 29.9 Å². The lowest BCUT2D eigenvalue weighted by molar-refractivity contribution is 0.923. The van der Waals surface area contributed by atoms with Crippen molar-refractivity contribution in [2.24, 2.45) is 0 Å². The van der Waals surface area contributed by atoms with Gasteiger partial charge in [-0.1, -0.05) is 20.3 Å². The molecule has 1 rings (SSSR count). The fourth-order valence-corrected chi connectivity index (χ4v) is 3.21. The highest BCUT2D eigenvalue weighted by molar-refractivity contribution is 7.99. The molecule has 0 fully saturated rings. The van der Waals surface area contributed by atoms with Gasteiger partial charge in [0, 0.05) is 9.77 Å². The van der Waals surface area contributed by atoms with Crippen LogP contribution < -0.4 is 0 Å². The second kappa shape index (κ2) is 5.65. The van der Waals surface area contributed by atoms with Gasteiger partial charge < -0.3 is 0 Å². The van der Waals surface area contributed by atoms with Gasteiger partial charge in [-0.05, 0) is 30.0 Å². The summed E-state index contributed by atoms with van der Waals surface area (Å²) >= 11 is 3.91. The number of hydrogen-bond acceptors (Lipinski definition) is 2. The molecule has 0 atom stereocenters. The SMILES string of the molecule is CCCSc1ccsc1CCC. The van der Waals surface area contributed by atoms with Gasteiger partial charge in [-0.15, -0.1) is 23.1 Å². The summed E-state index contributed by atoms with van der Waals surface area (Å²) in [7, 11) is 0. The van der Waals surface area contributed by atoms with E-state index in [1.54, 1.807) is 4.88 Å². The Labute approximate surface area is 83.4 Å². The zero-order chi connectivity index (χ0) is 8.81. The summed E-state index contributed by atoms with van der Waals surface area (Å²) in [5, 5.41) is 2.21. The third-order valence-corrected chi connectivity index (χ3v) is 4.06. The largest absolute Gasteiger partial charge is 0.148 e. The number of aryl methyl sites for hydroxylation is 1. The van der Waals surface area contributed by atoms with E-state index in [9.17, 15) is 0 Å². The van der Waals surface area contributed by atoms with Gasteiger partial charge in [0.25, 0.3) is 0 Å². The van der Waals surface area contributed by atoms with Gasteiger partial charge in [0.05, 0.1) is 0 Å². The fourth-order valence-electron chi connectivity index (χ4n) is 1.08. The Kier molecular flexibility index (Phi) is 4.77. The van der Waals surface area contributed by atoms with Crippen molar-refractivity contribution in [2.45, 2.75) is 38.0 Å². The van der Waals surface area contributed by atoms with Crippen LogP contribution in [0.1, 0.15) is 31.6 Å². The Morgan fingerprint density at radius 2 is 2.17 bits per heavy atom. The molecule has 0 amide bonds. The van der Waals surface area contributed by atoms with Gasteiger partial charge >= 0.3 is 0 Å². The standard InChI is InChI=1S/C10H16S2/c1-3-5-9-10(6-8-12-9)11-7-4-2/h6,8H,3-5,7H2,1-2H3. The van der Waals surface area contributed by atoms with E-state index in [4.69, 9.17) is 0 Å². The van der Waals surface area contributed by atoms with Gasteiger partial charge in [0.1, 0.15) is 0 Å². The summed E-state index contributed by atoms with van der Waals surface area (Å²) in [5.74, 6) is 1.26. The maximum absolute atomic E-state index is 2.26. The molecule has 68 valence electrons. The van der Waals surface area contributed by atoms with Crippen LogP contribution in [-0.4, -0.2) is 5.75 Å². The Bertz CT molecular complexity index is 215. The molecule has 2 heteroatoms. The first-order chi connectivity index (χ1) is 5.88. The van der Waals surface area contributed by atoms with E-state index in [1.807, 2.05) is 23.1 Å². The van der Waals surface area contributed by atoms with Crippen molar-refractivity contribution in [2.75, 3.05) is 5.75 Å². The van der Waals surface area contributed by atoms with Crippen molar-refractivity contribution >= 4 is 23.1 Å². The topological polar surface area (TPSA) is 0 Å². The van der Waals surface area contributed by atoms with Crippen molar-refractivity contribution in [3.8, 4) is 0 Å². The third kappa shape index (κ3) is 2.83. The maximum atomic E-state index is 2.26. The second-order valence-corrected chi connectivity index (χ2v) is 4.94. The van der Waals surface area contributed by atoms with E-state index in [0.717, 1.165) is 0 Å². The lowest BCUT2D eigenvalue weighted by atomic mass is 10.3. The highest BCUT2D eigenvalue weighted by Gasteiger charge is 2.02. The summed E-state index contributed by atoms with van der Waals surface area (Å²) in [5.41, 5.74) is 0. The number of rotatable bonds is 5. The van der Waals surface area contributed by atoms with Crippen LogP contribution in [0.4, 0.5) is 0 Å². The van der Waals surface area contributed by atoms with Gasteiger partial charge in [0.15, 0.2) is 0 Å². The predicted octanol–water partition coefficient (Wildman–Crippen LogP) is 4.20. The Hall–Kier alpha value is 0.0500. The minimum Gasteiger partial charge on any atom is -0.148 e. The molecule has 0 aliphatic heterocycles. The molecule has 0 unspecified atom stereocenters. The maximum Gasteiger partial charge on any atom is 0.0211 e.